The average molecular weight is 482 g/mol. The first-order valence-electron chi connectivity index (χ1n) is 12.2. The van der Waals surface area contributed by atoms with Crippen molar-refractivity contribution < 1.29 is 19.0 Å². The van der Waals surface area contributed by atoms with E-state index in [1.165, 1.54) is 10.6 Å². The lowest BCUT2D eigenvalue weighted by Gasteiger charge is -2.34. The largest absolute Gasteiger partial charge is 0.465 e. The van der Waals surface area contributed by atoms with Crippen molar-refractivity contribution in [1.82, 2.24) is 19.4 Å². The fourth-order valence-electron chi connectivity index (χ4n) is 5.11. The van der Waals surface area contributed by atoms with Crippen LogP contribution in [0.1, 0.15) is 11.4 Å². The molecule has 5 rings (SSSR count). The van der Waals surface area contributed by atoms with Crippen LogP contribution in [0.2, 0.25) is 0 Å². The average Bonchev–Trinajstić information content (AvgIpc) is 3.18. The smallest absolute Gasteiger partial charge is 0.407 e. The summed E-state index contributed by atoms with van der Waals surface area (Å²) in [6, 6.07) is 9.54. The van der Waals surface area contributed by atoms with Gasteiger partial charge in [0.15, 0.2) is 0 Å². The molecule has 3 aromatic rings. The number of aryl methyl sites for hydroxylation is 2. The molecule has 0 atom stereocenters. The second kappa shape index (κ2) is 9.83. The van der Waals surface area contributed by atoms with Gasteiger partial charge in [-0.05, 0) is 31.2 Å². The van der Waals surface area contributed by atoms with Crippen molar-refractivity contribution in [2.24, 2.45) is 7.05 Å². The zero-order valence-corrected chi connectivity index (χ0v) is 20.3. The highest BCUT2D eigenvalue weighted by Crippen LogP contribution is 2.33. The van der Waals surface area contributed by atoms with Gasteiger partial charge in [-0.25, -0.2) is 9.18 Å². The van der Waals surface area contributed by atoms with Crippen LogP contribution in [-0.2, 0) is 18.2 Å². The summed E-state index contributed by atoms with van der Waals surface area (Å²) in [5.41, 5.74) is 5.25. The molecule has 1 amide bonds. The molecule has 186 valence electrons. The zero-order valence-electron chi connectivity index (χ0n) is 20.3. The van der Waals surface area contributed by atoms with Gasteiger partial charge in [0.25, 0.3) is 0 Å². The van der Waals surface area contributed by atoms with Gasteiger partial charge in [-0.15, -0.1) is 0 Å². The van der Waals surface area contributed by atoms with Gasteiger partial charge in [-0.1, -0.05) is 6.07 Å². The van der Waals surface area contributed by atoms with E-state index in [0.29, 0.717) is 31.9 Å². The van der Waals surface area contributed by atoms with Gasteiger partial charge in [0.05, 0.1) is 30.1 Å². The number of carbonyl (C=O) groups is 1. The van der Waals surface area contributed by atoms with Gasteiger partial charge < -0.3 is 24.2 Å². The number of fused-ring (bicyclic) bond motifs is 1. The Morgan fingerprint density at radius 2 is 1.83 bits per heavy atom. The molecule has 2 aliphatic rings. The lowest BCUT2D eigenvalue weighted by molar-refractivity contribution is 0.0383. The maximum atomic E-state index is 15.3. The van der Waals surface area contributed by atoms with Crippen molar-refractivity contribution >= 4 is 22.7 Å². The molecule has 1 aromatic carbocycles. The van der Waals surface area contributed by atoms with Crippen LogP contribution in [0.4, 0.5) is 14.9 Å². The number of amides is 1. The molecule has 0 spiro atoms. The summed E-state index contributed by atoms with van der Waals surface area (Å²) in [6.07, 6.45) is 0.00132. The maximum absolute atomic E-state index is 15.3. The fourth-order valence-corrected chi connectivity index (χ4v) is 5.11. The molecule has 0 bridgehead atoms. The quantitative estimate of drug-likeness (QED) is 0.603. The molecule has 2 aliphatic heterocycles. The molecule has 9 heteroatoms. The molecular formula is C26H32FN5O3. The third-order valence-corrected chi connectivity index (χ3v) is 7.17. The van der Waals surface area contributed by atoms with Gasteiger partial charge in [0, 0.05) is 81.6 Å². The summed E-state index contributed by atoms with van der Waals surface area (Å²) < 4.78 is 22.9. The minimum absolute atomic E-state index is 0.314. The second-order valence-corrected chi connectivity index (χ2v) is 9.37. The Kier molecular flexibility index (Phi) is 6.62. The lowest BCUT2D eigenvalue weighted by atomic mass is 10.1. The van der Waals surface area contributed by atoms with Gasteiger partial charge >= 0.3 is 6.09 Å². The highest BCUT2D eigenvalue weighted by atomic mass is 19.1. The Morgan fingerprint density at radius 3 is 2.51 bits per heavy atom. The topological polar surface area (TPSA) is 74.1 Å². The number of halogens is 1. The summed E-state index contributed by atoms with van der Waals surface area (Å²) in [4.78, 5) is 21.7. The number of piperazine rings is 1. The number of hydrogen-bond donors (Lipinski definition) is 1. The highest BCUT2D eigenvalue weighted by Gasteiger charge is 2.23. The minimum atomic E-state index is -0.929. The molecule has 2 aromatic heterocycles. The van der Waals surface area contributed by atoms with Gasteiger partial charge in [0.2, 0.25) is 0 Å². The van der Waals surface area contributed by atoms with Crippen LogP contribution in [0.5, 0.6) is 0 Å². The van der Waals surface area contributed by atoms with Crippen LogP contribution in [0.15, 0.2) is 30.3 Å². The van der Waals surface area contributed by atoms with Crippen molar-refractivity contribution in [2.45, 2.75) is 13.3 Å². The van der Waals surface area contributed by atoms with Crippen molar-refractivity contribution in [2.75, 3.05) is 63.9 Å². The van der Waals surface area contributed by atoms with E-state index in [1.54, 1.807) is 12.1 Å². The summed E-state index contributed by atoms with van der Waals surface area (Å²) >= 11 is 0. The normalized spacial score (nSPS) is 17.3. The Bertz CT molecular complexity index is 1230. The first kappa shape index (κ1) is 23.6. The first-order valence-corrected chi connectivity index (χ1v) is 12.2. The van der Waals surface area contributed by atoms with Crippen molar-refractivity contribution in [3.63, 3.8) is 0 Å². The van der Waals surface area contributed by atoms with E-state index in [0.717, 1.165) is 67.1 Å². The zero-order chi connectivity index (χ0) is 24.5. The molecule has 2 fully saturated rings. The van der Waals surface area contributed by atoms with E-state index in [-0.39, 0.29) is 5.82 Å². The Labute approximate surface area is 204 Å². The van der Waals surface area contributed by atoms with Crippen LogP contribution >= 0.6 is 0 Å². The van der Waals surface area contributed by atoms with Crippen LogP contribution in [0.25, 0.3) is 22.2 Å². The van der Waals surface area contributed by atoms with E-state index in [2.05, 4.69) is 28.6 Å². The lowest BCUT2D eigenvalue weighted by Crippen LogP contribution is -2.48. The molecular weight excluding hydrogens is 449 g/mol. The van der Waals surface area contributed by atoms with Crippen molar-refractivity contribution in [3.8, 4) is 11.3 Å². The maximum Gasteiger partial charge on any atom is 0.407 e. The number of ether oxygens (including phenoxy) is 1. The van der Waals surface area contributed by atoms with Gasteiger partial charge in [0.1, 0.15) is 5.82 Å². The molecule has 4 heterocycles. The van der Waals surface area contributed by atoms with Gasteiger partial charge in [-0.3, -0.25) is 9.88 Å². The molecule has 0 saturated carbocycles. The number of aromatic nitrogens is 2. The molecule has 0 aliphatic carbocycles. The molecule has 0 unspecified atom stereocenters. The molecule has 0 radical (unpaired) electrons. The standard InChI is InChI=1S/C26H32FN5O3/c1-18-15-24-21(17-20(29(24)2)5-6-30-11-13-35-14-12-30)25(28-18)19-3-4-23(22(27)16-19)31-7-9-32(10-8-31)26(33)34/h3-4,15-17H,5-14H2,1-2H3,(H,33,34). The summed E-state index contributed by atoms with van der Waals surface area (Å²) in [6.45, 7) is 8.14. The number of pyridine rings is 1. The van der Waals surface area contributed by atoms with Crippen LogP contribution in [0, 0.1) is 12.7 Å². The first-order chi connectivity index (χ1) is 16.9. The Morgan fingerprint density at radius 1 is 1.09 bits per heavy atom. The Balaban J connectivity index is 1.41. The number of carboxylic acid groups (broad SMARTS) is 1. The monoisotopic (exact) mass is 481 g/mol. The van der Waals surface area contributed by atoms with Crippen molar-refractivity contribution in [1.29, 1.82) is 0 Å². The predicted octanol–water partition coefficient (Wildman–Crippen LogP) is 3.36. The molecule has 1 N–H and O–H groups in total. The van der Waals surface area contributed by atoms with E-state index in [4.69, 9.17) is 14.8 Å². The second-order valence-electron chi connectivity index (χ2n) is 9.37. The van der Waals surface area contributed by atoms with E-state index in [9.17, 15) is 4.79 Å². The third-order valence-electron chi connectivity index (χ3n) is 7.17. The van der Waals surface area contributed by atoms with Crippen LogP contribution < -0.4 is 4.90 Å². The summed E-state index contributed by atoms with van der Waals surface area (Å²) in [5.74, 6) is -0.314. The Hall–Kier alpha value is -3.17. The summed E-state index contributed by atoms with van der Waals surface area (Å²) in [7, 11) is 2.08. The summed E-state index contributed by atoms with van der Waals surface area (Å²) in [5, 5.41) is 10.2. The highest BCUT2D eigenvalue weighted by molar-refractivity contribution is 5.94. The number of anilines is 1. The SMILES string of the molecule is Cc1cc2c(cc(CCN3CCOCC3)n2C)c(-c2ccc(N3CCN(C(=O)O)CC3)c(F)c2)n1. The molecule has 8 nitrogen and oxygen atoms in total. The van der Waals surface area contributed by atoms with Crippen molar-refractivity contribution in [3.05, 3.63) is 47.5 Å². The van der Waals surface area contributed by atoms with E-state index < -0.39 is 6.09 Å². The number of benzene rings is 1. The van der Waals surface area contributed by atoms with E-state index >= 15 is 4.39 Å². The van der Waals surface area contributed by atoms with E-state index in [1.807, 2.05) is 17.9 Å². The van der Waals surface area contributed by atoms with Gasteiger partial charge in [-0.2, -0.15) is 0 Å². The minimum Gasteiger partial charge on any atom is -0.465 e. The number of rotatable bonds is 5. The number of hydrogen-bond acceptors (Lipinski definition) is 5. The number of morpholine rings is 1. The fraction of sp³-hybridized carbons (Fsp3) is 0.462. The number of nitrogens with zero attached hydrogens (tertiary/aromatic N) is 5. The van der Waals surface area contributed by atoms with Crippen LogP contribution in [0.3, 0.4) is 0 Å². The molecule has 35 heavy (non-hydrogen) atoms. The molecule has 2 saturated heterocycles. The van der Waals surface area contributed by atoms with Crippen LogP contribution in [-0.4, -0.2) is 89.6 Å². The predicted molar refractivity (Wildman–Crippen MR) is 134 cm³/mol. The third kappa shape index (κ3) is 4.83.